The fourth-order valence-electron chi connectivity index (χ4n) is 3.97. The normalized spacial score (nSPS) is 15.2. The number of benzene rings is 1. The topological polar surface area (TPSA) is 81.4 Å². The third-order valence-corrected chi connectivity index (χ3v) is 7.63. The first-order valence-corrected chi connectivity index (χ1v) is 12.5. The van der Waals surface area contributed by atoms with Gasteiger partial charge in [-0.25, -0.2) is 4.98 Å². The van der Waals surface area contributed by atoms with Gasteiger partial charge in [0.1, 0.15) is 10.7 Å². The van der Waals surface area contributed by atoms with Crippen molar-refractivity contribution in [3.8, 4) is 0 Å². The Balaban J connectivity index is 1.46. The molecule has 0 aliphatic carbocycles. The number of nitrogens with one attached hydrogen (secondary N) is 1. The van der Waals surface area contributed by atoms with Gasteiger partial charge < -0.3 is 10.1 Å². The number of carbonyl (C=O) groups is 1. The number of ether oxygens (including phenoxy) is 1. The first kappa shape index (κ1) is 21.4. The highest BCUT2D eigenvalue weighted by molar-refractivity contribution is 7.99. The van der Waals surface area contributed by atoms with Gasteiger partial charge in [-0.1, -0.05) is 36.4 Å². The summed E-state index contributed by atoms with van der Waals surface area (Å²) in [4.78, 5) is 19.6. The van der Waals surface area contributed by atoms with E-state index in [1.807, 2.05) is 35.6 Å². The molecule has 1 aliphatic heterocycles. The minimum absolute atomic E-state index is 0.0745. The van der Waals surface area contributed by atoms with E-state index >= 15 is 0 Å². The quantitative estimate of drug-likeness (QED) is 0.425. The van der Waals surface area contributed by atoms with Crippen LogP contribution >= 0.6 is 23.1 Å². The lowest BCUT2D eigenvalue weighted by Gasteiger charge is -2.30. The van der Waals surface area contributed by atoms with Gasteiger partial charge >= 0.3 is 0 Å². The SMILES string of the molecule is CCc1nc2sc3c(c2c2nnc(SCC(=O)Nc4ccc(C)cc4)n12)CC(C)(C)OC3. The molecule has 1 aliphatic rings. The predicted octanol–water partition coefficient (Wildman–Crippen LogP) is 4.79. The summed E-state index contributed by atoms with van der Waals surface area (Å²) in [7, 11) is 0. The third kappa shape index (κ3) is 3.89. The van der Waals surface area contributed by atoms with Crippen molar-refractivity contribution < 1.29 is 9.53 Å². The largest absolute Gasteiger partial charge is 0.370 e. The second-order valence-corrected chi connectivity index (χ2v) is 10.7. The van der Waals surface area contributed by atoms with E-state index in [2.05, 4.69) is 36.3 Å². The number of anilines is 1. The van der Waals surface area contributed by atoms with Crippen LogP contribution in [-0.4, -0.2) is 36.8 Å². The Morgan fingerprint density at radius 2 is 2.06 bits per heavy atom. The van der Waals surface area contributed by atoms with Gasteiger partial charge in [-0.3, -0.25) is 9.20 Å². The van der Waals surface area contributed by atoms with Crippen LogP contribution in [0.25, 0.3) is 15.9 Å². The lowest BCUT2D eigenvalue weighted by molar-refractivity contribution is -0.113. The molecule has 1 aromatic carbocycles. The van der Waals surface area contributed by atoms with Crippen molar-refractivity contribution >= 4 is 50.6 Å². The first-order valence-electron chi connectivity index (χ1n) is 10.7. The Morgan fingerprint density at radius 3 is 2.81 bits per heavy atom. The van der Waals surface area contributed by atoms with Crippen LogP contribution in [-0.2, 0) is 29.0 Å². The van der Waals surface area contributed by atoms with Crippen LogP contribution in [0.4, 0.5) is 5.69 Å². The molecule has 9 heteroatoms. The number of carbonyl (C=O) groups excluding carboxylic acids is 1. The molecule has 0 radical (unpaired) electrons. The Bertz CT molecular complexity index is 1320. The third-order valence-electron chi connectivity index (χ3n) is 5.60. The van der Waals surface area contributed by atoms with Crippen LogP contribution in [0, 0.1) is 6.92 Å². The van der Waals surface area contributed by atoms with Crippen molar-refractivity contribution in [2.75, 3.05) is 11.1 Å². The summed E-state index contributed by atoms with van der Waals surface area (Å²) < 4.78 is 8.02. The van der Waals surface area contributed by atoms with Gasteiger partial charge in [-0.2, -0.15) is 0 Å². The van der Waals surface area contributed by atoms with Gasteiger partial charge in [-0.15, -0.1) is 21.5 Å². The summed E-state index contributed by atoms with van der Waals surface area (Å²) in [6, 6.07) is 7.77. The molecule has 7 nitrogen and oxygen atoms in total. The molecule has 166 valence electrons. The number of rotatable bonds is 5. The average molecular weight is 468 g/mol. The van der Waals surface area contributed by atoms with Gasteiger partial charge in [-0.05, 0) is 38.5 Å². The van der Waals surface area contributed by atoms with Gasteiger partial charge in [0.25, 0.3) is 0 Å². The number of nitrogens with zero attached hydrogens (tertiary/aromatic N) is 4. The molecule has 4 heterocycles. The summed E-state index contributed by atoms with van der Waals surface area (Å²) >= 11 is 3.07. The maximum atomic E-state index is 12.5. The molecule has 0 saturated heterocycles. The Morgan fingerprint density at radius 1 is 1.28 bits per heavy atom. The second kappa shape index (κ2) is 8.13. The zero-order valence-corrected chi connectivity index (χ0v) is 20.2. The van der Waals surface area contributed by atoms with E-state index in [9.17, 15) is 4.79 Å². The average Bonchev–Trinajstić information content (AvgIpc) is 3.33. The number of thiophene rings is 1. The van der Waals surface area contributed by atoms with Crippen molar-refractivity contribution in [3.05, 3.63) is 46.1 Å². The Labute approximate surface area is 194 Å². The highest BCUT2D eigenvalue weighted by atomic mass is 32.2. The lowest BCUT2D eigenvalue weighted by atomic mass is 9.94. The van der Waals surface area contributed by atoms with Crippen molar-refractivity contribution in [2.24, 2.45) is 0 Å². The highest BCUT2D eigenvalue weighted by Gasteiger charge is 2.31. The molecule has 32 heavy (non-hydrogen) atoms. The molecular weight excluding hydrogens is 442 g/mol. The van der Waals surface area contributed by atoms with E-state index in [0.29, 0.717) is 11.8 Å². The molecule has 0 atom stereocenters. The molecule has 1 N–H and O–H groups in total. The number of thioether (sulfide) groups is 1. The van der Waals surface area contributed by atoms with E-state index in [4.69, 9.17) is 9.72 Å². The summed E-state index contributed by atoms with van der Waals surface area (Å²) in [5, 5.41) is 13.7. The number of hydrogen-bond acceptors (Lipinski definition) is 7. The number of fused-ring (bicyclic) bond motifs is 5. The molecule has 5 rings (SSSR count). The van der Waals surface area contributed by atoms with Crippen LogP contribution in [0.3, 0.4) is 0 Å². The van der Waals surface area contributed by atoms with E-state index in [0.717, 1.165) is 45.8 Å². The van der Waals surface area contributed by atoms with Gasteiger partial charge in [0.05, 0.1) is 23.3 Å². The molecule has 0 bridgehead atoms. The van der Waals surface area contributed by atoms with E-state index in [-0.39, 0.29) is 17.3 Å². The summed E-state index contributed by atoms with van der Waals surface area (Å²) in [5.41, 5.74) is 3.82. The van der Waals surface area contributed by atoms with Gasteiger partial charge in [0, 0.05) is 23.4 Å². The molecule has 0 unspecified atom stereocenters. The number of hydrogen-bond donors (Lipinski definition) is 1. The zero-order valence-electron chi connectivity index (χ0n) is 18.6. The lowest BCUT2D eigenvalue weighted by Crippen LogP contribution is -2.31. The summed E-state index contributed by atoms with van der Waals surface area (Å²) in [6.45, 7) is 8.93. The molecule has 0 spiro atoms. The standard InChI is InChI=1S/C23H25N5O2S2/c1-5-17-25-21-19(15-10-23(3,4)30-11-16(15)32-21)20-26-27-22(28(17)20)31-12-18(29)24-14-8-6-13(2)7-9-14/h6-9H,5,10-12H2,1-4H3,(H,24,29). The van der Waals surface area contributed by atoms with E-state index in [1.54, 1.807) is 11.3 Å². The maximum absolute atomic E-state index is 12.5. The van der Waals surface area contributed by atoms with Crippen LogP contribution in [0.15, 0.2) is 29.4 Å². The fraction of sp³-hybridized carbons (Fsp3) is 0.391. The molecule has 4 aromatic rings. The summed E-state index contributed by atoms with van der Waals surface area (Å²) in [5.74, 6) is 1.07. The monoisotopic (exact) mass is 467 g/mol. The van der Waals surface area contributed by atoms with Crippen molar-refractivity contribution in [1.82, 2.24) is 19.6 Å². The number of amides is 1. The zero-order chi connectivity index (χ0) is 22.5. The summed E-state index contributed by atoms with van der Waals surface area (Å²) in [6.07, 6.45) is 1.57. The Kier molecular flexibility index (Phi) is 5.43. The van der Waals surface area contributed by atoms with Crippen molar-refractivity contribution in [3.63, 3.8) is 0 Å². The van der Waals surface area contributed by atoms with Crippen molar-refractivity contribution in [1.29, 1.82) is 0 Å². The van der Waals surface area contributed by atoms with Gasteiger partial charge in [0.15, 0.2) is 10.8 Å². The minimum Gasteiger partial charge on any atom is -0.370 e. The fourth-order valence-corrected chi connectivity index (χ4v) is 5.84. The first-order chi connectivity index (χ1) is 15.3. The smallest absolute Gasteiger partial charge is 0.234 e. The van der Waals surface area contributed by atoms with Crippen LogP contribution in [0.5, 0.6) is 0 Å². The van der Waals surface area contributed by atoms with Crippen molar-refractivity contribution in [2.45, 2.75) is 57.9 Å². The van der Waals surface area contributed by atoms with E-state index < -0.39 is 0 Å². The maximum Gasteiger partial charge on any atom is 0.234 e. The molecular formula is C23H25N5O2S2. The van der Waals surface area contributed by atoms with Crippen LogP contribution < -0.4 is 5.32 Å². The van der Waals surface area contributed by atoms with Crippen LogP contribution in [0.1, 0.15) is 42.6 Å². The van der Waals surface area contributed by atoms with Crippen LogP contribution in [0.2, 0.25) is 0 Å². The molecule has 0 saturated carbocycles. The highest BCUT2D eigenvalue weighted by Crippen LogP contribution is 2.40. The number of aromatic nitrogens is 4. The minimum atomic E-state index is -0.215. The van der Waals surface area contributed by atoms with E-state index in [1.165, 1.54) is 22.2 Å². The molecule has 1 amide bonds. The van der Waals surface area contributed by atoms with Gasteiger partial charge in [0.2, 0.25) is 5.91 Å². The molecule has 0 fully saturated rings. The Hall–Kier alpha value is -2.49. The molecule has 3 aromatic heterocycles. The number of aryl methyl sites for hydroxylation is 2. The second-order valence-electron chi connectivity index (χ2n) is 8.64. The predicted molar refractivity (Wildman–Crippen MR) is 129 cm³/mol.